The molecule has 1 amide bonds. The maximum atomic E-state index is 13.4. The number of amidine groups is 1. The van der Waals surface area contributed by atoms with Gasteiger partial charge in [0.1, 0.15) is 11.3 Å². The van der Waals surface area contributed by atoms with E-state index in [0.717, 1.165) is 0 Å². The highest BCUT2D eigenvalue weighted by Gasteiger charge is 2.40. The predicted molar refractivity (Wildman–Crippen MR) is 78.7 cm³/mol. The summed E-state index contributed by atoms with van der Waals surface area (Å²) in [6.07, 6.45) is -2.88. The van der Waals surface area contributed by atoms with E-state index in [2.05, 4.69) is 26.2 Å². The van der Waals surface area contributed by atoms with Crippen LogP contribution in [-0.2, 0) is 11.3 Å². The number of carbonyl (C=O) groups is 1. The maximum Gasteiger partial charge on any atom is 0.262 e. The molecule has 1 heterocycles. The molecule has 4 nitrogen and oxygen atoms in total. The first-order valence-corrected chi connectivity index (χ1v) is 7.77. The van der Waals surface area contributed by atoms with Crippen molar-refractivity contribution in [3.63, 3.8) is 0 Å². The van der Waals surface area contributed by atoms with Crippen LogP contribution in [0.2, 0.25) is 0 Å². The second-order valence-corrected chi connectivity index (χ2v) is 6.46. The third-order valence-corrected chi connectivity index (χ3v) is 4.93. The average Bonchev–Trinajstić information content (AvgIpc) is 2.89. The van der Waals surface area contributed by atoms with Crippen LogP contribution in [0.4, 0.5) is 22.0 Å². The number of carbonyl (C=O) groups excluding carboxylic acids is 1. The molecule has 0 saturated carbocycles. The quantitative estimate of drug-likeness (QED) is 0.449. The Morgan fingerprint density at radius 2 is 2.04 bits per heavy atom. The molecule has 2 atom stereocenters. The highest BCUT2D eigenvalue weighted by atomic mass is 79.9. The lowest BCUT2D eigenvalue weighted by Crippen LogP contribution is -2.40. The van der Waals surface area contributed by atoms with Crippen molar-refractivity contribution in [2.75, 3.05) is 0 Å². The largest absolute Gasteiger partial charge is 0.379 e. The van der Waals surface area contributed by atoms with Gasteiger partial charge in [0.2, 0.25) is 5.91 Å². The van der Waals surface area contributed by atoms with Gasteiger partial charge in [-0.3, -0.25) is 9.79 Å². The molecule has 126 valence electrons. The summed E-state index contributed by atoms with van der Waals surface area (Å²) < 4.78 is 64.8. The summed E-state index contributed by atoms with van der Waals surface area (Å²) in [5.41, 5.74) is 5.25. The normalized spacial score (nSPS) is 20.7. The molecule has 0 fully saturated rings. The zero-order valence-electron chi connectivity index (χ0n) is 11.1. The van der Waals surface area contributed by atoms with Gasteiger partial charge in [-0.05, 0) is 27.6 Å². The van der Waals surface area contributed by atoms with Gasteiger partial charge in [-0.2, -0.15) is 0 Å². The first kappa shape index (κ1) is 18.0. The minimum absolute atomic E-state index is 0.0831. The van der Waals surface area contributed by atoms with E-state index in [1.54, 1.807) is 0 Å². The van der Waals surface area contributed by atoms with Gasteiger partial charge < -0.3 is 11.1 Å². The second kappa shape index (κ2) is 7.04. The van der Waals surface area contributed by atoms with Crippen molar-refractivity contribution in [2.24, 2.45) is 10.7 Å². The molecule has 1 aromatic carbocycles. The number of alkyl halides is 2. The zero-order valence-corrected chi connectivity index (χ0v) is 13.5. The summed E-state index contributed by atoms with van der Waals surface area (Å²) in [4.78, 5) is 15.4. The SMILES string of the molecule is NC1=NC(C(F)F)C(C(=O)NCc2cc(F)c(F)c(F)c2Br)S1. The Morgan fingerprint density at radius 1 is 1.39 bits per heavy atom. The van der Waals surface area contributed by atoms with E-state index in [1.807, 2.05) is 0 Å². The Labute approximate surface area is 139 Å². The van der Waals surface area contributed by atoms with E-state index in [-0.39, 0.29) is 21.7 Å². The Hall–Kier alpha value is -1.36. The second-order valence-electron chi connectivity index (χ2n) is 4.51. The Morgan fingerprint density at radius 3 is 2.65 bits per heavy atom. The van der Waals surface area contributed by atoms with Gasteiger partial charge in [-0.1, -0.05) is 11.8 Å². The van der Waals surface area contributed by atoms with Crippen molar-refractivity contribution in [1.29, 1.82) is 0 Å². The number of hydrogen-bond donors (Lipinski definition) is 2. The molecule has 2 rings (SSSR count). The molecule has 1 aromatic rings. The molecule has 11 heteroatoms. The van der Waals surface area contributed by atoms with Crippen LogP contribution in [0, 0.1) is 17.5 Å². The predicted octanol–water partition coefficient (Wildman–Crippen LogP) is 2.55. The fourth-order valence-electron chi connectivity index (χ4n) is 1.88. The molecule has 0 saturated heterocycles. The maximum absolute atomic E-state index is 13.4. The van der Waals surface area contributed by atoms with E-state index in [9.17, 15) is 26.7 Å². The van der Waals surface area contributed by atoms with E-state index < -0.39 is 41.1 Å². The minimum Gasteiger partial charge on any atom is -0.379 e. The lowest BCUT2D eigenvalue weighted by atomic mass is 10.1. The number of hydrogen-bond acceptors (Lipinski definition) is 4. The molecular weight excluding hydrogens is 409 g/mol. The molecule has 0 bridgehead atoms. The number of nitrogens with two attached hydrogens (primary N) is 1. The van der Waals surface area contributed by atoms with Gasteiger partial charge in [0.15, 0.2) is 22.6 Å². The summed E-state index contributed by atoms with van der Waals surface area (Å²) in [6, 6.07) is -0.898. The molecule has 0 spiro atoms. The van der Waals surface area contributed by atoms with Crippen molar-refractivity contribution < 1.29 is 26.7 Å². The van der Waals surface area contributed by atoms with Gasteiger partial charge in [-0.15, -0.1) is 0 Å². The van der Waals surface area contributed by atoms with Gasteiger partial charge in [0, 0.05) is 6.54 Å². The molecule has 2 unspecified atom stereocenters. The topological polar surface area (TPSA) is 67.5 Å². The first-order valence-electron chi connectivity index (χ1n) is 6.10. The Kier molecular flexibility index (Phi) is 5.50. The van der Waals surface area contributed by atoms with Crippen molar-refractivity contribution >= 4 is 38.8 Å². The lowest BCUT2D eigenvalue weighted by molar-refractivity contribution is -0.121. The van der Waals surface area contributed by atoms with E-state index in [4.69, 9.17) is 5.73 Å². The van der Waals surface area contributed by atoms with Gasteiger partial charge in [-0.25, -0.2) is 22.0 Å². The fraction of sp³-hybridized carbons (Fsp3) is 0.333. The fourth-order valence-corrected chi connectivity index (χ4v) is 3.26. The average molecular weight is 418 g/mol. The number of amides is 1. The van der Waals surface area contributed by atoms with E-state index in [0.29, 0.717) is 17.8 Å². The van der Waals surface area contributed by atoms with Crippen molar-refractivity contribution in [3.05, 3.63) is 33.6 Å². The lowest BCUT2D eigenvalue weighted by Gasteiger charge is -2.16. The molecule has 1 aliphatic heterocycles. The Balaban J connectivity index is 2.09. The smallest absolute Gasteiger partial charge is 0.262 e. The summed E-state index contributed by atoms with van der Waals surface area (Å²) in [7, 11) is 0. The molecule has 0 radical (unpaired) electrons. The number of thioether (sulfide) groups is 1. The standard InChI is InChI=1S/C12H9BrF5N3OS/c13-5-3(1-4(14)6(15)7(5)16)2-20-11(22)9-8(10(17)18)21-12(19)23-9/h1,8-10H,2H2,(H2,19,21)(H,20,22). The van der Waals surface area contributed by atoms with Crippen LogP contribution in [0.3, 0.4) is 0 Å². The number of nitrogens with zero attached hydrogens (tertiary/aromatic N) is 1. The van der Waals surface area contributed by atoms with Gasteiger partial charge >= 0.3 is 0 Å². The number of halogens is 6. The number of rotatable bonds is 4. The van der Waals surface area contributed by atoms with E-state index >= 15 is 0 Å². The molecule has 0 aromatic heterocycles. The number of benzene rings is 1. The number of nitrogens with one attached hydrogen (secondary N) is 1. The highest BCUT2D eigenvalue weighted by molar-refractivity contribution is 9.10. The molecule has 3 N–H and O–H groups in total. The van der Waals surface area contributed by atoms with Gasteiger partial charge in [0.05, 0.1) is 4.47 Å². The van der Waals surface area contributed by atoms with Gasteiger partial charge in [0.25, 0.3) is 6.43 Å². The minimum atomic E-state index is -2.88. The third kappa shape index (κ3) is 3.77. The summed E-state index contributed by atoms with van der Waals surface area (Å²) >= 11 is 3.42. The van der Waals surface area contributed by atoms with Crippen LogP contribution in [0.25, 0.3) is 0 Å². The van der Waals surface area contributed by atoms with Crippen LogP contribution >= 0.6 is 27.7 Å². The van der Waals surface area contributed by atoms with Crippen LogP contribution < -0.4 is 11.1 Å². The monoisotopic (exact) mass is 417 g/mol. The molecule has 23 heavy (non-hydrogen) atoms. The summed E-state index contributed by atoms with van der Waals surface area (Å²) in [5.74, 6) is -5.34. The van der Waals surface area contributed by atoms with Crippen molar-refractivity contribution in [3.8, 4) is 0 Å². The van der Waals surface area contributed by atoms with Crippen molar-refractivity contribution in [1.82, 2.24) is 5.32 Å². The van der Waals surface area contributed by atoms with Crippen LogP contribution in [0.5, 0.6) is 0 Å². The van der Waals surface area contributed by atoms with E-state index in [1.165, 1.54) is 0 Å². The zero-order chi connectivity index (χ0) is 17.3. The molecular formula is C12H9BrF5N3OS. The summed E-state index contributed by atoms with van der Waals surface area (Å²) in [5, 5.41) is 0.864. The molecule has 0 aliphatic carbocycles. The highest BCUT2D eigenvalue weighted by Crippen LogP contribution is 2.30. The summed E-state index contributed by atoms with van der Waals surface area (Å²) in [6.45, 7) is -0.388. The van der Waals surface area contributed by atoms with Crippen LogP contribution in [0.1, 0.15) is 5.56 Å². The van der Waals surface area contributed by atoms with Crippen LogP contribution in [-0.4, -0.2) is 28.8 Å². The number of aliphatic imine (C=N–C) groups is 1. The first-order chi connectivity index (χ1) is 10.7. The Bertz CT molecular complexity index is 673. The molecule has 1 aliphatic rings. The van der Waals surface area contributed by atoms with Crippen LogP contribution in [0.15, 0.2) is 15.5 Å². The van der Waals surface area contributed by atoms with Crippen molar-refractivity contribution in [2.45, 2.75) is 24.3 Å². The third-order valence-electron chi connectivity index (χ3n) is 2.98.